The van der Waals surface area contributed by atoms with Gasteiger partial charge in [0.15, 0.2) is 30.2 Å². The van der Waals surface area contributed by atoms with E-state index in [1.54, 1.807) is 20.8 Å². The Morgan fingerprint density at radius 1 is 0.944 bits per heavy atom. The van der Waals surface area contributed by atoms with Gasteiger partial charge in [0.05, 0.1) is 48.7 Å². The summed E-state index contributed by atoms with van der Waals surface area (Å²) in [6.07, 6.45) is -7.55. The van der Waals surface area contributed by atoms with Crippen molar-refractivity contribution in [1.29, 1.82) is 0 Å². The predicted octanol–water partition coefficient (Wildman–Crippen LogP) is -2.75. The molecule has 8 rings (SSSR count). The molecule has 0 aromatic heterocycles. The number of ether oxygens (including phenoxy) is 6. The molecule has 6 aliphatic rings. The van der Waals surface area contributed by atoms with Crippen LogP contribution in [0.15, 0.2) is 18.2 Å². The molecule has 25 heteroatoms. The minimum Gasteiger partial charge on any atom is -0.507 e. The molecule has 2 aromatic rings. The van der Waals surface area contributed by atoms with Crippen molar-refractivity contribution in [3.63, 3.8) is 0 Å². The Morgan fingerprint density at radius 3 is 2.33 bits per heavy atom. The number of aromatic hydroxyl groups is 2. The van der Waals surface area contributed by atoms with E-state index >= 15 is 0 Å². The summed E-state index contributed by atoms with van der Waals surface area (Å²) in [5.74, 6) is -12.8. The van der Waals surface area contributed by atoms with E-state index in [0.717, 1.165) is 0 Å². The lowest BCUT2D eigenvalue weighted by atomic mass is 9.71. The Labute approximate surface area is 412 Å². The number of hydrogen-bond donors (Lipinski definition) is 9. The van der Waals surface area contributed by atoms with E-state index in [4.69, 9.17) is 29.8 Å². The molecule has 25 nitrogen and oxygen atoms in total. The van der Waals surface area contributed by atoms with Crippen LogP contribution in [0.1, 0.15) is 90.8 Å². The van der Waals surface area contributed by atoms with Crippen molar-refractivity contribution in [3.05, 3.63) is 51.6 Å². The summed E-state index contributed by atoms with van der Waals surface area (Å²) < 4.78 is 43.0. The van der Waals surface area contributed by atoms with Crippen molar-refractivity contribution >= 4 is 47.0 Å². The molecule has 4 saturated heterocycles. The summed E-state index contributed by atoms with van der Waals surface area (Å²) in [5, 5.41) is 68.8. The molecule has 4 fully saturated rings. The molecular weight excluding hydrogens is 953 g/mol. The van der Waals surface area contributed by atoms with Crippen molar-refractivity contribution in [1.82, 2.24) is 31.1 Å². The normalized spacial score (nSPS) is 29.8. The lowest BCUT2D eigenvalue weighted by molar-refractivity contribution is -0.339. The molecule has 2 aliphatic carbocycles. The van der Waals surface area contributed by atoms with Crippen molar-refractivity contribution < 1.29 is 93.7 Å². The number of benzene rings is 2. The third kappa shape index (κ3) is 9.39. The van der Waals surface area contributed by atoms with Crippen LogP contribution < -0.4 is 26.0 Å². The number of nitrogens with one attached hydrogen (secondary N) is 4. The smallest absolute Gasteiger partial charge is 0.252 e. The van der Waals surface area contributed by atoms with Crippen molar-refractivity contribution in [2.45, 2.75) is 113 Å². The fourth-order valence-corrected chi connectivity index (χ4v) is 10.3. The van der Waals surface area contributed by atoms with Crippen LogP contribution in [0.2, 0.25) is 0 Å². The number of phenols is 2. The zero-order chi connectivity index (χ0) is 53.0. The maximum Gasteiger partial charge on any atom is 0.252 e. The Kier molecular flexibility index (Phi) is 14.4. The van der Waals surface area contributed by atoms with Gasteiger partial charge in [0.2, 0.25) is 41.1 Å². The summed E-state index contributed by atoms with van der Waals surface area (Å²) in [6, 6.07) is 0.880. The van der Waals surface area contributed by atoms with Gasteiger partial charge in [-0.2, -0.15) is 0 Å². The summed E-state index contributed by atoms with van der Waals surface area (Å²) in [4.78, 5) is 109. The van der Waals surface area contributed by atoms with E-state index in [9.17, 15) is 63.9 Å². The van der Waals surface area contributed by atoms with Crippen LogP contribution >= 0.6 is 0 Å². The number of morpholine rings is 1. The summed E-state index contributed by atoms with van der Waals surface area (Å²) >= 11 is 0. The number of hydrogen-bond acceptors (Lipinski definition) is 20. The number of aliphatic hydroxyl groups excluding tert-OH is 1. The number of carbonyl (C=O) groups is 8. The van der Waals surface area contributed by atoms with Gasteiger partial charge < -0.3 is 75.2 Å². The average Bonchev–Trinajstić information content (AvgIpc) is 3.84. The van der Waals surface area contributed by atoms with Gasteiger partial charge in [-0.1, -0.05) is 26.0 Å². The van der Waals surface area contributed by atoms with Gasteiger partial charge in [0.25, 0.3) is 5.91 Å². The van der Waals surface area contributed by atoms with E-state index in [1.165, 1.54) is 32.4 Å². The van der Waals surface area contributed by atoms with Gasteiger partial charge in [-0.25, -0.2) is 0 Å². The highest BCUT2D eigenvalue weighted by Crippen LogP contribution is 2.54. The van der Waals surface area contributed by atoms with E-state index in [1.807, 2.05) is 4.90 Å². The molecule has 72 heavy (non-hydrogen) atoms. The number of methoxy groups -OCH3 is 2. The largest absolute Gasteiger partial charge is 0.507 e. The molecule has 4 aliphatic heterocycles. The second-order valence-corrected chi connectivity index (χ2v) is 18.7. The minimum atomic E-state index is -2.95. The van der Waals surface area contributed by atoms with Crippen LogP contribution in [0.25, 0.3) is 0 Å². The van der Waals surface area contributed by atoms with Crippen LogP contribution in [0.5, 0.6) is 17.2 Å². The molecule has 0 spiro atoms. The number of nitrogens with zero attached hydrogens (tertiary/aromatic N) is 2. The quantitative estimate of drug-likeness (QED) is 0.0304. The summed E-state index contributed by atoms with van der Waals surface area (Å²) in [7, 11) is 2.74. The first kappa shape index (κ1) is 50.8. The number of aliphatic hydroxyl groups is 3. The second-order valence-electron chi connectivity index (χ2n) is 18.7. The monoisotopic (exact) mass is 1010 g/mol. The zero-order valence-electron chi connectivity index (χ0n) is 40.9. The molecule has 0 radical (unpaired) electrons. The summed E-state index contributed by atoms with van der Waals surface area (Å²) in [6.45, 7) is 3.09. The maximum absolute atomic E-state index is 14.3. The lowest BCUT2D eigenvalue weighted by Crippen LogP contribution is -2.59. The standard InChI is InChI=1S/C47H58N6O19/c1-20(2)35(51-27(55)17-53-28(56)9-10-29(53)57)42(63)50-24(18-54)41(62)48-11-12-49-45(64)46(65)16-23-34(39(61)33-32(37(23)59)36(58)22-7-6-8-26(67-4)31(22)38(33)60)47(66,19-46)72-30-15-25-40(21(3)70-30)71-43-44(68-5)69-14-13-52(25)43/h6-8,20-21,24-25,30,35,40,43-44,54,59,61,65-66H,9-19H2,1-5H3,(H,48,62)(H,49,64)(H,50,63)(H,51,55)/t21-,24?,25-,30+,35-,40+,43+,44-,46-,47-/m0/s1/i9T/t9?,21-,24?,25-,30+,35-,40+,43+,44-,46-,47-. The number of ketones is 2. The minimum absolute atomic E-state index is 0.0159. The molecule has 2 unspecified atom stereocenters. The van der Waals surface area contributed by atoms with E-state index < -0.39 is 186 Å². The first-order chi connectivity index (χ1) is 34.6. The van der Waals surface area contributed by atoms with E-state index in [-0.39, 0.29) is 36.3 Å². The second kappa shape index (κ2) is 20.4. The molecule has 11 atom stereocenters. The first-order valence-corrected chi connectivity index (χ1v) is 23.3. The Bertz CT molecular complexity index is 2620. The maximum atomic E-state index is 14.3. The number of rotatable bonds is 16. The lowest BCUT2D eigenvalue weighted by Gasteiger charge is -2.46. The SMILES string of the molecule is [3H]C1CC(=O)N(CC(=O)N[C@H](C(=O)NC(CO)C(=O)NCCNC(=O)[C@]2(O)Cc3c(O)c4c(c(O)c3[C@@](O)(O[C@@H]3C[C@H]5[C@H](O[C@@H]6[C@@H](OC)OCCN65)[C@H](C)O3)C2)C(=O)c2c(OC)cccc2C4=O)C(C)C)C1=O. The third-order valence-corrected chi connectivity index (χ3v) is 13.8. The number of carbonyl (C=O) groups excluding carboxylic acids is 8. The van der Waals surface area contributed by atoms with Crippen LogP contribution in [-0.4, -0.2) is 191 Å². The van der Waals surface area contributed by atoms with Gasteiger partial charge >= 0.3 is 0 Å². The van der Waals surface area contributed by atoms with E-state index in [0.29, 0.717) is 18.1 Å². The van der Waals surface area contributed by atoms with Crippen molar-refractivity contribution in [3.8, 4) is 17.2 Å². The number of fused-ring (bicyclic) bond motifs is 6. The van der Waals surface area contributed by atoms with Crippen LogP contribution in [0, 0.1) is 5.92 Å². The van der Waals surface area contributed by atoms with E-state index in [2.05, 4.69) is 21.3 Å². The Balaban J connectivity index is 0.996. The zero-order valence-corrected chi connectivity index (χ0v) is 39.9. The van der Waals surface area contributed by atoms with Gasteiger partial charge in [0, 0.05) is 77.4 Å². The van der Waals surface area contributed by atoms with Gasteiger partial charge in [-0.15, -0.1) is 0 Å². The Hall–Kier alpha value is -6.16. The highest BCUT2D eigenvalue weighted by molar-refractivity contribution is 6.31. The van der Waals surface area contributed by atoms with Gasteiger partial charge in [0.1, 0.15) is 42.0 Å². The fourth-order valence-electron chi connectivity index (χ4n) is 10.3. The molecular formula is C47H58N6O19. The molecule has 0 bridgehead atoms. The number of amides is 6. The average molecular weight is 1010 g/mol. The fraction of sp³-hybridized carbons (Fsp3) is 0.574. The predicted molar refractivity (Wildman–Crippen MR) is 240 cm³/mol. The first-order valence-electron chi connectivity index (χ1n) is 23.9. The highest BCUT2D eigenvalue weighted by Gasteiger charge is 2.59. The van der Waals surface area contributed by atoms with Crippen LogP contribution in [-0.2, 0) is 64.7 Å². The molecule has 390 valence electrons. The van der Waals surface area contributed by atoms with Gasteiger partial charge in [-0.3, -0.25) is 48.2 Å². The molecule has 4 heterocycles. The number of imide groups is 1. The Morgan fingerprint density at radius 2 is 1.67 bits per heavy atom. The van der Waals surface area contributed by atoms with Crippen molar-refractivity contribution in [2.24, 2.45) is 5.92 Å². The van der Waals surface area contributed by atoms with Crippen LogP contribution in [0.4, 0.5) is 0 Å². The highest BCUT2D eigenvalue weighted by atomic mass is 16.8. The molecule has 6 amide bonds. The molecule has 0 saturated carbocycles. The number of phenolic OH excluding ortho intramolecular Hbond substituents is 2. The molecule has 2 aromatic carbocycles. The number of likely N-dealkylation sites (tertiary alicyclic amines) is 1. The molecule has 9 N–H and O–H groups in total. The third-order valence-electron chi connectivity index (χ3n) is 13.8. The summed E-state index contributed by atoms with van der Waals surface area (Å²) in [5.41, 5.74) is -5.60. The van der Waals surface area contributed by atoms with Crippen LogP contribution in [0.3, 0.4) is 0 Å². The topological polar surface area (TPSA) is 348 Å². The van der Waals surface area contributed by atoms with Crippen molar-refractivity contribution in [2.75, 3.05) is 53.6 Å². The van der Waals surface area contributed by atoms with Gasteiger partial charge in [-0.05, 0) is 18.9 Å².